The number of nitrogens with one attached hydrogen (secondary N) is 1. The Bertz CT molecular complexity index is 456. The van der Waals surface area contributed by atoms with Gasteiger partial charge >= 0.3 is 0 Å². The Kier molecular flexibility index (Phi) is 4.62. The minimum atomic E-state index is -0.321. The Morgan fingerprint density at radius 2 is 2.06 bits per heavy atom. The summed E-state index contributed by atoms with van der Waals surface area (Å²) in [6.45, 7) is 0. The molecule has 0 spiro atoms. The largest absolute Gasteiger partial charge is 0.391 e. The number of rotatable bonds is 2. The van der Waals surface area contributed by atoms with E-state index in [9.17, 15) is 5.11 Å². The zero-order chi connectivity index (χ0) is 13.0. The second-order valence-corrected chi connectivity index (χ2v) is 5.67. The van der Waals surface area contributed by atoms with Gasteiger partial charge in [-0.15, -0.1) is 0 Å². The second kappa shape index (κ2) is 6.21. The number of hydrogen-bond acceptors (Lipinski definition) is 3. The fourth-order valence-electron chi connectivity index (χ4n) is 2.39. The van der Waals surface area contributed by atoms with Crippen LogP contribution in [0.2, 0.25) is 0 Å². The van der Waals surface area contributed by atoms with Gasteiger partial charge in [-0.1, -0.05) is 35.2 Å². The van der Waals surface area contributed by atoms with Gasteiger partial charge in [0.15, 0.2) is 0 Å². The molecule has 1 aromatic rings. The number of nitriles is 1. The van der Waals surface area contributed by atoms with E-state index in [0.29, 0.717) is 5.56 Å². The molecule has 3 nitrogen and oxygen atoms in total. The van der Waals surface area contributed by atoms with Crippen LogP contribution in [0.3, 0.4) is 0 Å². The average molecular weight is 309 g/mol. The molecule has 0 aliphatic heterocycles. The number of hydrogen-bond donors (Lipinski definition) is 2. The lowest BCUT2D eigenvalue weighted by atomic mass is 10.0. The summed E-state index contributed by atoms with van der Waals surface area (Å²) in [5, 5.41) is 22.5. The summed E-state index contributed by atoms with van der Waals surface area (Å²) in [6, 6.07) is 7.77. The average Bonchev–Trinajstić information content (AvgIpc) is 2.55. The topological polar surface area (TPSA) is 56.0 Å². The van der Waals surface area contributed by atoms with Gasteiger partial charge in [0.1, 0.15) is 6.07 Å². The van der Waals surface area contributed by atoms with Crippen molar-refractivity contribution in [2.45, 2.75) is 44.2 Å². The summed E-state index contributed by atoms with van der Waals surface area (Å²) in [7, 11) is 0. The predicted molar refractivity (Wildman–Crippen MR) is 75.4 cm³/mol. The van der Waals surface area contributed by atoms with Crippen LogP contribution in [0.4, 0.5) is 5.69 Å². The Labute approximate surface area is 116 Å². The molecular formula is C14H17BrN2O. The first-order chi connectivity index (χ1) is 8.70. The molecule has 1 fully saturated rings. The van der Waals surface area contributed by atoms with Crippen molar-refractivity contribution in [1.29, 1.82) is 5.26 Å². The monoisotopic (exact) mass is 308 g/mol. The summed E-state index contributed by atoms with van der Waals surface area (Å²) in [4.78, 5) is 0. The summed E-state index contributed by atoms with van der Waals surface area (Å²) in [5.74, 6) is 0. The quantitative estimate of drug-likeness (QED) is 0.823. The Morgan fingerprint density at radius 1 is 1.28 bits per heavy atom. The van der Waals surface area contributed by atoms with Gasteiger partial charge in [-0.05, 0) is 31.0 Å². The van der Waals surface area contributed by atoms with Crippen LogP contribution >= 0.6 is 15.9 Å². The van der Waals surface area contributed by atoms with E-state index in [2.05, 4.69) is 27.3 Å². The lowest BCUT2D eigenvalue weighted by Gasteiger charge is -2.23. The standard InChI is InChI=1S/C14H17BrN2O/c15-11-7-6-10(9-16)13(8-11)17-12-4-2-1-3-5-14(12)18/h6-8,12,14,17-18H,1-5H2. The fraction of sp³-hybridized carbons (Fsp3) is 0.500. The van der Waals surface area contributed by atoms with Crippen LogP contribution in [0.1, 0.15) is 37.7 Å². The first kappa shape index (κ1) is 13.4. The minimum absolute atomic E-state index is 0.0499. The molecular weight excluding hydrogens is 292 g/mol. The highest BCUT2D eigenvalue weighted by Crippen LogP contribution is 2.26. The molecule has 1 saturated carbocycles. The van der Waals surface area contributed by atoms with Crippen LogP contribution in [-0.2, 0) is 0 Å². The Balaban J connectivity index is 2.17. The first-order valence-corrected chi connectivity index (χ1v) is 7.14. The van der Waals surface area contributed by atoms with Crippen LogP contribution in [0, 0.1) is 11.3 Å². The molecule has 0 amide bonds. The number of nitrogens with zero attached hydrogens (tertiary/aromatic N) is 1. The van der Waals surface area contributed by atoms with E-state index in [1.807, 2.05) is 12.1 Å². The van der Waals surface area contributed by atoms with Gasteiger partial charge in [0.2, 0.25) is 0 Å². The summed E-state index contributed by atoms with van der Waals surface area (Å²) in [6.07, 6.45) is 4.87. The maximum atomic E-state index is 10.1. The van der Waals surface area contributed by atoms with Gasteiger partial charge < -0.3 is 10.4 Å². The first-order valence-electron chi connectivity index (χ1n) is 6.35. The van der Waals surface area contributed by atoms with E-state index in [4.69, 9.17) is 5.26 Å². The van der Waals surface area contributed by atoms with Crippen molar-refractivity contribution in [2.24, 2.45) is 0 Å². The molecule has 0 bridgehead atoms. The molecule has 4 heteroatoms. The molecule has 1 aliphatic rings. The van der Waals surface area contributed by atoms with Gasteiger partial charge in [-0.3, -0.25) is 0 Å². The third-order valence-electron chi connectivity index (χ3n) is 3.42. The van der Waals surface area contributed by atoms with Gasteiger partial charge in [-0.2, -0.15) is 5.26 Å². The zero-order valence-electron chi connectivity index (χ0n) is 10.2. The molecule has 0 aromatic heterocycles. The van der Waals surface area contributed by atoms with Crippen molar-refractivity contribution in [3.8, 4) is 6.07 Å². The second-order valence-electron chi connectivity index (χ2n) is 4.76. The van der Waals surface area contributed by atoms with Crippen LogP contribution in [0.5, 0.6) is 0 Å². The number of benzene rings is 1. The van der Waals surface area contributed by atoms with Crippen molar-refractivity contribution >= 4 is 21.6 Å². The van der Waals surface area contributed by atoms with Gasteiger partial charge in [0.05, 0.1) is 23.4 Å². The van der Waals surface area contributed by atoms with E-state index in [1.165, 1.54) is 6.42 Å². The van der Waals surface area contributed by atoms with E-state index < -0.39 is 0 Å². The molecule has 0 saturated heterocycles. The molecule has 18 heavy (non-hydrogen) atoms. The van der Waals surface area contributed by atoms with E-state index in [0.717, 1.165) is 35.8 Å². The van der Waals surface area contributed by atoms with E-state index >= 15 is 0 Å². The highest BCUT2D eigenvalue weighted by atomic mass is 79.9. The van der Waals surface area contributed by atoms with Crippen molar-refractivity contribution in [2.75, 3.05) is 5.32 Å². The molecule has 2 unspecified atom stereocenters. The molecule has 1 aromatic carbocycles. The van der Waals surface area contributed by atoms with Crippen molar-refractivity contribution < 1.29 is 5.11 Å². The predicted octanol–water partition coefficient (Wildman–Crippen LogP) is 3.43. The molecule has 0 radical (unpaired) electrons. The number of halogens is 1. The maximum Gasteiger partial charge on any atom is 0.101 e. The van der Waals surface area contributed by atoms with Gasteiger partial charge in [-0.25, -0.2) is 0 Å². The molecule has 96 valence electrons. The molecule has 2 rings (SSSR count). The van der Waals surface area contributed by atoms with Crippen molar-refractivity contribution in [3.63, 3.8) is 0 Å². The zero-order valence-corrected chi connectivity index (χ0v) is 11.8. The molecule has 1 aliphatic carbocycles. The smallest absolute Gasteiger partial charge is 0.101 e. The third kappa shape index (κ3) is 3.24. The van der Waals surface area contributed by atoms with Crippen LogP contribution in [-0.4, -0.2) is 17.3 Å². The minimum Gasteiger partial charge on any atom is -0.391 e. The molecule has 2 N–H and O–H groups in total. The van der Waals surface area contributed by atoms with Crippen molar-refractivity contribution in [1.82, 2.24) is 0 Å². The number of aliphatic hydroxyl groups is 1. The fourth-order valence-corrected chi connectivity index (χ4v) is 2.75. The van der Waals surface area contributed by atoms with E-state index in [-0.39, 0.29) is 12.1 Å². The van der Waals surface area contributed by atoms with Crippen LogP contribution in [0.25, 0.3) is 0 Å². The highest BCUT2D eigenvalue weighted by molar-refractivity contribution is 9.10. The normalized spacial score (nSPS) is 24.1. The molecule has 0 heterocycles. The lowest BCUT2D eigenvalue weighted by molar-refractivity contribution is 0.144. The third-order valence-corrected chi connectivity index (χ3v) is 3.92. The highest BCUT2D eigenvalue weighted by Gasteiger charge is 2.22. The summed E-state index contributed by atoms with van der Waals surface area (Å²) in [5.41, 5.74) is 1.42. The summed E-state index contributed by atoms with van der Waals surface area (Å²) >= 11 is 3.41. The lowest BCUT2D eigenvalue weighted by Crippen LogP contribution is -2.32. The van der Waals surface area contributed by atoms with Crippen LogP contribution in [0.15, 0.2) is 22.7 Å². The molecule has 2 atom stereocenters. The van der Waals surface area contributed by atoms with E-state index in [1.54, 1.807) is 6.07 Å². The van der Waals surface area contributed by atoms with Gasteiger partial charge in [0, 0.05) is 4.47 Å². The van der Waals surface area contributed by atoms with Crippen LogP contribution < -0.4 is 5.32 Å². The maximum absolute atomic E-state index is 10.1. The van der Waals surface area contributed by atoms with Gasteiger partial charge in [0.25, 0.3) is 0 Å². The number of anilines is 1. The Hall–Kier alpha value is -1.05. The SMILES string of the molecule is N#Cc1ccc(Br)cc1NC1CCCCCC1O. The Morgan fingerprint density at radius 3 is 2.83 bits per heavy atom. The summed E-state index contributed by atoms with van der Waals surface area (Å²) < 4.78 is 0.937. The number of aliphatic hydroxyl groups excluding tert-OH is 1. The van der Waals surface area contributed by atoms with Crippen molar-refractivity contribution in [3.05, 3.63) is 28.2 Å².